The molecule has 1 aliphatic heterocycles. The predicted octanol–water partition coefficient (Wildman–Crippen LogP) is 2.10. The first kappa shape index (κ1) is 15.7. The van der Waals surface area contributed by atoms with E-state index in [2.05, 4.69) is 9.62 Å². The van der Waals surface area contributed by atoms with Crippen molar-refractivity contribution in [3.8, 4) is 0 Å². The summed E-state index contributed by atoms with van der Waals surface area (Å²) in [6, 6.07) is 3.56. The molecule has 1 N–H and O–H groups in total. The van der Waals surface area contributed by atoms with Crippen LogP contribution in [0.4, 0.5) is 4.39 Å². The molecule has 0 bridgehead atoms. The Bertz CT molecular complexity index is 580. The van der Waals surface area contributed by atoms with Gasteiger partial charge in [0, 0.05) is 18.1 Å². The number of nitrogens with zero attached hydrogens (tertiary/aromatic N) is 1. The minimum Gasteiger partial charge on any atom is -0.306 e. The lowest BCUT2D eigenvalue weighted by atomic mass is 9.99. The first-order valence-corrected chi connectivity index (χ1v) is 8.38. The topological polar surface area (TPSA) is 49.4 Å². The number of likely N-dealkylation sites (tertiary alicyclic amines) is 1. The van der Waals surface area contributed by atoms with Crippen LogP contribution in [-0.2, 0) is 10.0 Å². The van der Waals surface area contributed by atoms with E-state index in [0.717, 1.165) is 32.0 Å². The number of rotatable bonds is 4. The summed E-state index contributed by atoms with van der Waals surface area (Å²) in [4.78, 5) is 1.82. The molecule has 0 radical (unpaired) electrons. The molecule has 1 unspecified atom stereocenters. The molecular formula is C13H18ClFN2O2S. The van der Waals surface area contributed by atoms with Gasteiger partial charge >= 0.3 is 0 Å². The number of halogens is 2. The van der Waals surface area contributed by atoms with Crippen molar-refractivity contribution in [2.75, 3.05) is 26.7 Å². The van der Waals surface area contributed by atoms with Crippen LogP contribution >= 0.6 is 11.6 Å². The molecule has 1 fully saturated rings. The zero-order valence-electron chi connectivity index (χ0n) is 11.3. The normalized spacial score (nSPS) is 21.1. The number of benzene rings is 1. The van der Waals surface area contributed by atoms with Crippen LogP contribution in [-0.4, -0.2) is 40.0 Å². The maximum absolute atomic E-state index is 13.7. The van der Waals surface area contributed by atoms with E-state index in [-0.39, 0.29) is 15.8 Å². The van der Waals surface area contributed by atoms with Crippen LogP contribution < -0.4 is 4.72 Å². The fourth-order valence-electron chi connectivity index (χ4n) is 2.44. The van der Waals surface area contributed by atoms with Gasteiger partial charge in [0.1, 0.15) is 10.7 Å². The highest BCUT2D eigenvalue weighted by Crippen LogP contribution is 2.20. The Morgan fingerprint density at radius 3 is 2.90 bits per heavy atom. The summed E-state index contributed by atoms with van der Waals surface area (Å²) in [7, 11) is -1.81. The first-order valence-electron chi connectivity index (χ1n) is 6.52. The van der Waals surface area contributed by atoms with Crippen LogP contribution in [0.1, 0.15) is 12.8 Å². The van der Waals surface area contributed by atoms with Crippen LogP contribution in [0.15, 0.2) is 23.1 Å². The highest BCUT2D eigenvalue weighted by Gasteiger charge is 2.23. The van der Waals surface area contributed by atoms with Gasteiger partial charge in [-0.15, -0.1) is 0 Å². The van der Waals surface area contributed by atoms with Crippen molar-refractivity contribution >= 4 is 21.6 Å². The predicted molar refractivity (Wildman–Crippen MR) is 76.8 cm³/mol. The second kappa shape index (κ2) is 6.39. The molecule has 1 heterocycles. The second-order valence-corrected chi connectivity index (χ2v) is 7.37. The SMILES string of the molecule is CN1CCCC(CNS(=O)(=O)c2ccc(Cl)cc2F)C1. The van der Waals surface area contributed by atoms with Crippen molar-refractivity contribution in [2.45, 2.75) is 17.7 Å². The zero-order valence-corrected chi connectivity index (χ0v) is 12.8. The lowest BCUT2D eigenvalue weighted by Gasteiger charge is -2.29. The Balaban J connectivity index is 2.03. The van der Waals surface area contributed by atoms with E-state index in [1.54, 1.807) is 0 Å². The van der Waals surface area contributed by atoms with Crippen LogP contribution in [0.25, 0.3) is 0 Å². The molecule has 0 spiro atoms. The van der Waals surface area contributed by atoms with Crippen molar-refractivity contribution in [1.82, 2.24) is 9.62 Å². The molecule has 1 saturated heterocycles. The fraction of sp³-hybridized carbons (Fsp3) is 0.538. The molecule has 1 aromatic rings. The third kappa shape index (κ3) is 3.91. The van der Waals surface area contributed by atoms with Gasteiger partial charge < -0.3 is 4.90 Å². The molecule has 20 heavy (non-hydrogen) atoms. The van der Waals surface area contributed by atoms with Crippen LogP contribution in [0.3, 0.4) is 0 Å². The fourth-order valence-corrected chi connectivity index (χ4v) is 3.77. The molecule has 112 valence electrons. The van der Waals surface area contributed by atoms with E-state index < -0.39 is 15.8 Å². The van der Waals surface area contributed by atoms with Gasteiger partial charge in [0.2, 0.25) is 10.0 Å². The molecule has 0 aliphatic carbocycles. The molecule has 2 rings (SSSR count). The van der Waals surface area contributed by atoms with Crippen molar-refractivity contribution < 1.29 is 12.8 Å². The third-order valence-corrected chi connectivity index (χ3v) is 5.16. The van der Waals surface area contributed by atoms with Gasteiger partial charge in [-0.25, -0.2) is 17.5 Å². The molecule has 4 nitrogen and oxygen atoms in total. The average Bonchev–Trinajstić information content (AvgIpc) is 2.36. The highest BCUT2D eigenvalue weighted by molar-refractivity contribution is 7.89. The Labute approximate surface area is 124 Å². The molecule has 7 heteroatoms. The van der Waals surface area contributed by atoms with Gasteiger partial charge in [-0.1, -0.05) is 11.6 Å². The van der Waals surface area contributed by atoms with E-state index in [1.807, 2.05) is 7.05 Å². The number of hydrogen-bond acceptors (Lipinski definition) is 3. The molecule has 0 amide bonds. The van der Waals surface area contributed by atoms with Crippen molar-refractivity contribution in [2.24, 2.45) is 5.92 Å². The summed E-state index contributed by atoms with van der Waals surface area (Å²) < 4.78 is 40.3. The minimum atomic E-state index is -3.83. The van der Waals surface area contributed by atoms with Crippen LogP contribution in [0.5, 0.6) is 0 Å². The Hall–Kier alpha value is -0.690. The van der Waals surface area contributed by atoms with Gasteiger partial charge in [-0.3, -0.25) is 0 Å². The Morgan fingerprint density at radius 2 is 2.25 bits per heavy atom. The smallest absolute Gasteiger partial charge is 0.243 e. The zero-order chi connectivity index (χ0) is 14.8. The van der Waals surface area contributed by atoms with E-state index in [9.17, 15) is 12.8 Å². The van der Waals surface area contributed by atoms with Crippen LogP contribution in [0.2, 0.25) is 5.02 Å². The number of sulfonamides is 1. The highest BCUT2D eigenvalue weighted by atomic mass is 35.5. The van der Waals surface area contributed by atoms with Gasteiger partial charge in [0.15, 0.2) is 0 Å². The number of hydrogen-bond donors (Lipinski definition) is 1. The average molecular weight is 321 g/mol. The maximum Gasteiger partial charge on any atom is 0.243 e. The van der Waals surface area contributed by atoms with Crippen molar-refractivity contribution in [3.05, 3.63) is 29.0 Å². The van der Waals surface area contributed by atoms with Crippen molar-refractivity contribution in [1.29, 1.82) is 0 Å². The maximum atomic E-state index is 13.7. The Morgan fingerprint density at radius 1 is 1.50 bits per heavy atom. The first-order chi connectivity index (χ1) is 9.38. The number of nitrogens with one attached hydrogen (secondary N) is 1. The van der Waals surface area contributed by atoms with E-state index in [0.29, 0.717) is 6.54 Å². The molecule has 1 aromatic carbocycles. The summed E-state index contributed by atoms with van der Waals surface area (Å²) in [6.45, 7) is 2.22. The Kier molecular flexibility index (Phi) is 5.01. The van der Waals surface area contributed by atoms with Gasteiger partial charge in [-0.2, -0.15) is 0 Å². The largest absolute Gasteiger partial charge is 0.306 e. The van der Waals surface area contributed by atoms with Gasteiger partial charge in [0.05, 0.1) is 0 Å². The van der Waals surface area contributed by atoms with E-state index in [1.165, 1.54) is 12.1 Å². The minimum absolute atomic E-state index is 0.176. The summed E-state index contributed by atoms with van der Waals surface area (Å²) in [5.74, 6) is -0.565. The van der Waals surface area contributed by atoms with Crippen LogP contribution in [0, 0.1) is 11.7 Å². The summed E-state index contributed by atoms with van der Waals surface area (Å²) >= 11 is 5.62. The van der Waals surface area contributed by atoms with Gasteiger partial charge in [-0.05, 0) is 50.6 Å². The summed E-state index contributed by atoms with van der Waals surface area (Å²) in [6.07, 6.45) is 2.04. The quantitative estimate of drug-likeness (QED) is 0.924. The van der Waals surface area contributed by atoms with E-state index in [4.69, 9.17) is 11.6 Å². The second-order valence-electron chi connectivity index (χ2n) is 5.20. The molecule has 1 aliphatic rings. The molecular weight excluding hydrogens is 303 g/mol. The molecule has 0 aromatic heterocycles. The standard InChI is InChI=1S/C13H18ClFN2O2S/c1-17-6-2-3-10(9-17)8-16-20(18,19)13-5-4-11(14)7-12(13)15/h4-5,7,10,16H,2-3,6,8-9H2,1H3. The molecule has 0 saturated carbocycles. The lowest BCUT2D eigenvalue weighted by molar-refractivity contribution is 0.211. The monoisotopic (exact) mass is 320 g/mol. The van der Waals surface area contributed by atoms with Crippen molar-refractivity contribution in [3.63, 3.8) is 0 Å². The van der Waals surface area contributed by atoms with Gasteiger partial charge in [0.25, 0.3) is 0 Å². The summed E-state index contributed by atoms with van der Waals surface area (Å²) in [5.41, 5.74) is 0. The third-order valence-electron chi connectivity index (χ3n) is 3.47. The lowest BCUT2D eigenvalue weighted by Crippen LogP contribution is -2.39. The van der Waals surface area contributed by atoms with E-state index >= 15 is 0 Å². The number of piperidine rings is 1. The summed E-state index contributed by atoms with van der Waals surface area (Å²) in [5, 5.41) is 0.176. The molecule has 1 atom stereocenters.